The molecule has 2 fully saturated rings. The van der Waals surface area contributed by atoms with Gasteiger partial charge in [-0.1, -0.05) is 0 Å². The molecule has 0 radical (unpaired) electrons. The molecule has 200 valence electrons. The molecule has 9 heteroatoms. The van der Waals surface area contributed by atoms with Crippen LogP contribution >= 0.6 is 0 Å². The summed E-state index contributed by atoms with van der Waals surface area (Å²) in [6, 6.07) is 0.153. The van der Waals surface area contributed by atoms with Gasteiger partial charge in [-0.15, -0.1) is 0 Å². The second-order valence-corrected chi connectivity index (χ2v) is 11.7. The molecule has 0 saturated carbocycles. The molecule has 3 heterocycles. The molecular formula is C27H43N5O4. The van der Waals surface area contributed by atoms with Crippen LogP contribution in [0.4, 0.5) is 4.79 Å². The van der Waals surface area contributed by atoms with Gasteiger partial charge in [0.25, 0.3) is 5.91 Å². The molecule has 0 bridgehead atoms. The van der Waals surface area contributed by atoms with Crippen LogP contribution in [0.5, 0.6) is 0 Å². The van der Waals surface area contributed by atoms with Gasteiger partial charge in [0.05, 0.1) is 0 Å². The summed E-state index contributed by atoms with van der Waals surface area (Å²) in [6.07, 6.45) is 8.46. The van der Waals surface area contributed by atoms with Gasteiger partial charge in [-0.3, -0.25) is 14.3 Å². The lowest BCUT2D eigenvalue weighted by Gasteiger charge is -2.33. The van der Waals surface area contributed by atoms with Crippen LogP contribution in [0.3, 0.4) is 0 Å². The van der Waals surface area contributed by atoms with Crippen LogP contribution in [-0.4, -0.2) is 75.3 Å². The molecule has 0 atom stereocenters. The first kappa shape index (κ1) is 26.5. The van der Waals surface area contributed by atoms with Gasteiger partial charge in [-0.2, -0.15) is 5.10 Å². The highest BCUT2D eigenvalue weighted by molar-refractivity contribution is 5.94. The van der Waals surface area contributed by atoms with E-state index in [1.54, 1.807) is 6.92 Å². The van der Waals surface area contributed by atoms with Crippen molar-refractivity contribution in [3.05, 3.63) is 17.0 Å². The maximum absolute atomic E-state index is 13.4. The van der Waals surface area contributed by atoms with Gasteiger partial charge in [0.2, 0.25) is 5.91 Å². The van der Waals surface area contributed by atoms with Gasteiger partial charge in [0.15, 0.2) is 5.69 Å². The third-order valence-corrected chi connectivity index (χ3v) is 7.66. The SMILES string of the molecule is CC(=O)NC1CCN(C(=O)c2nn(CCC3CCN(C(=O)OC(C)(C)C)CC3)c3c2CCCC3)CC1. The first-order valence-corrected chi connectivity index (χ1v) is 13.7. The van der Waals surface area contributed by atoms with E-state index >= 15 is 0 Å². The second kappa shape index (κ2) is 11.2. The van der Waals surface area contributed by atoms with Gasteiger partial charge in [0.1, 0.15) is 5.60 Å². The number of carbonyl (C=O) groups excluding carboxylic acids is 3. The van der Waals surface area contributed by atoms with Crippen molar-refractivity contribution in [2.24, 2.45) is 5.92 Å². The van der Waals surface area contributed by atoms with Gasteiger partial charge in [-0.25, -0.2) is 4.79 Å². The van der Waals surface area contributed by atoms with E-state index in [9.17, 15) is 14.4 Å². The van der Waals surface area contributed by atoms with E-state index in [0.29, 0.717) is 24.7 Å². The minimum absolute atomic E-state index is 0.0110. The maximum atomic E-state index is 13.4. The van der Waals surface area contributed by atoms with E-state index in [2.05, 4.69) is 10.00 Å². The van der Waals surface area contributed by atoms with Gasteiger partial charge >= 0.3 is 6.09 Å². The Morgan fingerprint density at radius 1 is 0.972 bits per heavy atom. The van der Waals surface area contributed by atoms with E-state index < -0.39 is 5.60 Å². The summed E-state index contributed by atoms with van der Waals surface area (Å²) in [5.41, 5.74) is 2.56. The highest BCUT2D eigenvalue weighted by atomic mass is 16.6. The molecule has 36 heavy (non-hydrogen) atoms. The standard InChI is InChI=1S/C27H43N5O4/c1-19(33)28-21-12-16-30(17-13-21)25(34)24-22-7-5-6-8-23(22)32(29-24)18-11-20-9-14-31(15-10-20)26(35)36-27(2,3)4/h20-21H,5-18H2,1-4H3,(H,28,33). The summed E-state index contributed by atoms with van der Waals surface area (Å²) >= 11 is 0. The number of ether oxygens (including phenoxy) is 1. The number of hydrogen-bond donors (Lipinski definition) is 1. The summed E-state index contributed by atoms with van der Waals surface area (Å²) in [6.45, 7) is 10.8. The number of carbonyl (C=O) groups is 3. The molecule has 9 nitrogen and oxygen atoms in total. The van der Waals surface area contributed by atoms with E-state index in [1.165, 1.54) is 5.69 Å². The molecule has 1 N–H and O–H groups in total. The number of rotatable bonds is 5. The van der Waals surface area contributed by atoms with Crippen molar-refractivity contribution in [3.63, 3.8) is 0 Å². The molecule has 3 amide bonds. The fraction of sp³-hybridized carbons (Fsp3) is 0.778. The Morgan fingerprint density at radius 3 is 2.25 bits per heavy atom. The molecule has 4 rings (SSSR count). The molecule has 0 aromatic carbocycles. The van der Waals surface area contributed by atoms with Crippen LogP contribution in [0.2, 0.25) is 0 Å². The van der Waals surface area contributed by atoms with E-state index in [1.807, 2.05) is 30.6 Å². The Hall–Kier alpha value is -2.58. The van der Waals surface area contributed by atoms with Crippen molar-refractivity contribution >= 4 is 17.9 Å². The third kappa shape index (κ3) is 6.59. The predicted octanol–water partition coefficient (Wildman–Crippen LogP) is 3.54. The van der Waals surface area contributed by atoms with Crippen molar-refractivity contribution in [1.82, 2.24) is 24.9 Å². The lowest BCUT2D eigenvalue weighted by atomic mass is 9.93. The first-order valence-electron chi connectivity index (χ1n) is 13.7. The number of nitrogens with zero attached hydrogens (tertiary/aromatic N) is 4. The average molecular weight is 502 g/mol. The van der Waals surface area contributed by atoms with Crippen molar-refractivity contribution in [2.75, 3.05) is 26.2 Å². The topological polar surface area (TPSA) is 96.8 Å². The monoisotopic (exact) mass is 501 g/mol. The molecule has 0 spiro atoms. The summed E-state index contributed by atoms with van der Waals surface area (Å²) in [5.74, 6) is 0.570. The molecule has 3 aliphatic rings. The number of piperidine rings is 2. The van der Waals surface area contributed by atoms with Crippen molar-refractivity contribution in [3.8, 4) is 0 Å². The zero-order valence-corrected chi connectivity index (χ0v) is 22.5. The molecule has 0 unspecified atom stereocenters. The maximum Gasteiger partial charge on any atom is 0.410 e. The molecule has 2 aliphatic heterocycles. The highest BCUT2D eigenvalue weighted by Crippen LogP contribution is 2.28. The van der Waals surface area contributed by atoms with E-state index in [0.717, 1.165) is 83.0 Å². The Labute approximate surface area is 214 Å². The largest absolute Gasteiger partial charge is 0.444 e. The smallest absolute Gasteiger partial charge is 0.410 e. The number of aromatic nitrogens is 2. The average Bonchev–Trinajstić information content (AvgIpc) is 3.20. The summed E-state index contributed by atoms with van der Waals surface area (Å²) in [7, 11) is 0. The van der Waals surface area contributed by atoms with Crippen LogP contribution in [0.25, 0.3) is 0 Å². The normalized spacial score (nSPS) is 19.7. The fourth-order valence-corrected chi connectivity index (χ4v) is 5.73. The number of aryl methyl sites for hydroxylation is 1. The van der Waals surface area contributed by atoms with Crippen molar-refractivity contribution in [2.45, 2.75) is 104 Å². The lowest BCUT2D eigenvalue weighted by molar-refractivity contribution is -0.119. The van der Waals surface area contributed by atoms with E-state index in [4.69, 9.17) is 9.84 Å². The number of nitrogens with one attached hydrogen (secondary N) is 1. The second-order valence-electron chi connectivity index (χ2n) is 11.7. The Morgan fingerprint density at radius 2 is 1.61 bits per heavy atom. The van der Waals surface area contributed by atoms with Crippen LogP contribution in [-0.2, 0) is 28.9 Å². The summed E-state index contributed by atoms with van der Waals surface area (Å²) in [4.78, 5) is 40.9. The minimum Gasteiger partial charge on any atom is -0.444 e. The van der Waals surface area contributed by atoms with Crippen LogP contribution < -0.4 is 5.32 Å². The quantitative estimate of drug-likeness (QED) is 0.666. The molecular weight excluding hydrogens is 458 g/mol. The molecule has 1 aromatic heterocycles. The van der Waals surface area contributed by atoms with Crippen LogP contribution in [0.1, 0.15) is 94.4 Å². The molecule has 1 aliphatic carbocycles. The first-order chi connectivity index (χ1) is 17.1. The lowest BCUT2D eigenvalue weighted by Crippen LogP contribution is -2.46. The number of fused-ring (bicyclic) bond motifs is 1. The van der Waals surface area contributed by atoms with Crippen LogP contribution in [0.15, 0.2) is 0 Å². The Balaban J connectivity index is 1.34. The number of amides is 3. The van der Waals surface area contributed by atoms with E-state index in [-0.39, 0.29) is 23.9 Å². The van der Waals surface area contributed by atoms with Gasteiger partial charge in [-0.05, 0) is 84.5 Å². The van der Waals surface area contributed by atoms with Crippen LogP contribution in [0, 0.1) is 5.92 Å². The Kier molecular flexibility index (Phi) is 8.25. The highest BCUT2D eigenvalue weighted by Gasteiger charge is 2.31. The van der Waals surface area contributed by atoms with Crippen molar-refractivity contribution in [1.29, 1.82) is 0 Å². The van der Waals surface area contributed by atoms with Crippen molar-refractivity contribution < 1.29 is 19.1 Å². The number of hydrogen-bond acceptors (Lipinski definition) is 5. The molecule has 1 aromatic rings. The molecule has 2 saturated heterocycles. The zero-order valence-electron chi connectivity index (χ0n) is 22.5. The minimum atomic E-state index is -0.469. The fourth-order valence-electron chi connectivity index (χ4n) is 5.73. The predicted molar refractivity (Wildman–Crippen MR) is 137 cm³/mol. The summed E-state index contributed by atoms with van der Waals surface area (Å²) < 4.78 is 7.62. The zero-order chi connectivity index (χ0) is 25.9. The number of likely N-dealkylation sites (tertiary alicyclic amines) is 2. The Bertz CT molecular complexity index is 950. The summed E-state index contributed by atoms with van der Waals surface area (Å²) in [5, 5.41) is 7.85. The van der Waals surface area contributed by atoms with Gasteiger partial charge < -0.3 is 19.9 Å². The van der Waals surface area contributed by atoms with Gasteiger partial charge in [0, 0.05) is 56.9 Å². The third-order valence-electron chi connectivity index (χ3n) is 7.66.